The number of carbonyl (C=O) groups excluding carboxylic acids is 1. The summed E-state index contributed by atoms with van der Waals surface area (Å²) in [6.45, 7) is 3.02. The SMILES string of the molecule is O=C(Nc1ccc(OC(F)(F)F)cc1)Nc1cccnc1Oc1cccc2c1CCN(CC1CCCCC1)C2. The second-order valence-electron chi connectivity index (χ2n) is 9.99. The highest BCUT2D eigenvalue weighted by atomic mass is 19.4. The molecule has 3 aromatic rings. The number of aromatic nitrogens is 1. The molecule has 1 aromatic heterocycles. The smallest absolute Gasteiger partial charge is 0.437 e. The number of hydrogen-bond acceptors (Lipinski definition) is 5. The lowest BCUT2D eigenvalue weighted by atomic mass is 9.88. The Hall–Kier alpha value is -3.79. The maximum atomic E-state index is 12.6. The lowest BCUT2D eigenvalue weighted by Crippen LogP contribution is -2.35. The van der Waals surface area contributed by atoms with E-state index in [0.29, 0.717) is 17.1 Å². The van der Waals surface area contributed by atoms with E-state index in [4.69, 9.17) is 4.74 Å². The number of carbonyl (C=O) groups is 1. The van der Waals surface area contributed by atoms with Gasteiger partial charge in [0.25, 0.3) is 0 Å². The molecular weight excluding hydrogens is 509 g/mol. The van der Waals surface area contributed by atoms with Crippen molar-refractivity contribution in [3.05, 3.63) is 71.9 Å². The first-order valence-electron chi connectivity index (χ1n) is 13.2. The Morgan fingerprint density at radius 2 is 1.79 bits per heavy atom. The quantitative estimate of drug-likeness (QED) is 0.328. The standard InChI is InChI=1S/C29H31F3N4O3/c30-29(31,32)39-23-13-11-22(12-14-23)34-28(37)35-25-9-5-16-33-27(25)38-26-10-4-8-21-19-36(17-15-24(21)26)18-20-6-2-1-3-7-20/h4-5,8-14,16,20H,1-3,6-7,15,17-19H2,(H2,34,35,37). The number of nitrogens with one attached hydrogen (secondary N) is 2. The van der Waals surface area contributed by atoms with E-state index in [1.54, 1.807) is 18.3 Å². The van der Waals surface area contributed by atoms with Gasteiger partial charge in [-0.05, 0) is 73.2 Å². The second kappa shape index (κ2) is 11.9. The van der Waals surface area contributed by atoms with Gasteiger partial charge in [-0.25, -0.2) is 9.78 Å². The van der Waals surface area contributed by atoms with Gasteiger partial charge in [-0.15, -0.1) is 13.2 Å². The monoisotopic (exact) mass is 540 g/mol. The zero-order chi connectivity index (χ0) is 27.2. The van der Waals surface area contributed by atoms with Crippen LogP contribution in [0.2, 0.25) is 0 Å². The minimum atomic E-state index is -4.78. The number of urea groups is 1. The third kappa shape index (κ3) is 7.41. The first-order chi connectivity index (χ1) is 18.8. The van der Waals surface area contributed by atoms with Crippen molar-refractivity contribution in [2.24, 2.45) is 5.92 Å². The normalized spacial score (nSPS) is 16.3. The first-order valence-corrected chi connectivity index (χ1v) is 13.2. The van der Waals surface area contributed by atoms with Crippen LogP contribution in [-0.2, 0) is 13.0 Å². The zero-order valence-corrected chi connectivity index (χ0v) is 21.5. The van der Waals surface area contributed by atoms with Crippen LogP contribution in [0.5, 0.6) is 17.4 Å². The molecule has 7 nitrogen and oxygen atoms in total. The molecule has 0 saturated heterocycles. The molecular formula is C29H31F3N4O3. The van der Waals surface area contributed by atoms with Gasteiger partial charge in [0.15, 0.2) is 0 Å². The topological polar surface area (TPSA) is 75.7 Å². The van der Waals surface area contributed by atoms with E-state index in [1.165, 1.54) is 49.8 Å². The molecule has 1 aliphatic heterocycles. The van der Waals surface area contributed by atoms with E-state index in [1.807, 2.05) is 12.1 Å². The lowest BCUT2D eigenvalue weighted by Gasteiger charge is -2.33. The largest absolute Gasteiger partial charge is 0.573 e. The molecule has 2 aliphatic rings. The number of anilines is 2. The molecule has 1 aliphatic carbocycles. The van der Waals surface area contributed by atoms with E-state index < -0.39 is 12.4 Å². The molecule has 2 amide bonds. The fourth-order valence-corrected chi connectivity index (χ4v) is 5.32. The number of rotatable bonds is 7. The molecule has 206 valence electrons. The van der Waals surface area contributed by atoms with Gasteiger partial charge in [0.05, 0.1) is 0 Å². The maximum absolute atomic E-state index is 12.6. The molecule has 0 atom stereocenters. The molecule has 39 heavy (non-hydrogen) atoms. The predicted octanol–water partition coefficient (Wildman–Crippen LogP) is 7.35. The van der Waals surface area contributed by atoms with Crippen LogP contribution >= 0.6 is 0 Å². The fourth-order valence-electron chi connectivity index (χ4n) is 5.32. The number of hydrogen-bond donors (Lipinski definition) is 2. The van der Waals surface area contributed by atoms with E-state index in [-0.39, 0.29) is 11.6 Å². The average Bonchev–Trinajstić information content (AvgIpc) is 2.91. The van der Waals surface area contributed by atoms with Crippen LogP contribution in [0, 0.1) is 5.92 Å². The molecule has 2 N–H and O–H groups in total. The Morgan fingerprint density at radius 1 is 1.00 bits per heavy atom. The summed E-state index contributed by atoms with van der Waals surface area (Å²) in [5, 5.41) is 5.29. The van der Waals surface area contributed by atoms with Crippen LogP contribution in [0.4, 0.5) is 29.3 Å². The van der Waals surface area contributed by atoms with Crippen LogP contribution in [-0.4, -0.2) is 35.4 Å². The number of nitrogens with zero attached hydrogens (tertiary/aromatic N) is 2. The van der Waals surface area contributed by atoms with Crippen LogP contribution in [0.15, 0.2) is 60.8 Å². The first kappa shape index (κ1) is 26.8. The highest BCUT2D eigenvalue weighted by Crippen LogP contribution is 2.35. The molecule has 0 bridgehead atoms. The summed E-state index contributed by atoms with van der Waals surface area (Å²) in [6, 6.07) is 13.7. The van der Waals surface area contributed by atoms with Crippen LogP contribution in [0.25, 0.3) is 0 Å². The molecule has 1 fully saturated rings. The van der Waals surface area contributed by atoms with Gasteiger partial charge in [0.1, 0.15) is 17.2 Å². The van der Waals surface area contributed by atoms with E-state index >= 15 is 0 Å². The number of pyridine rings is 1. The van der Waals surface area contributed by atoms with Crippen molar-refractivity contribution in [1.29, 1.82) is 0 Å². The Labute approximate surface area is 225 Å². The third-order valence-corrected chi connectivity index (χ3v) is 7.11. The number of alkyl halides is 3. The summed E-state index contributed by atoms with van der Waals surface area (Å²) >= 11 is 0. The molecule has 0 unspecified atom stereocenters. The Balaban J connectivity index is 1.22. The highest BCUT2D eigenvalue weighted by Gasteiger charge is 2.31. The number of amides is 2. The van der Waals surface area contributed by atoms with Gasteiger partial charge in [-0.1, -0.05) is 31.4 Å². The van der Waals surface area contributed by atoms with Crippen LogP contribution < -0.4 is 20.1 Å². The number of fused-ring (bicyclic) bond motifs is 1. The summed E-state index contributed by atoms with van der Waals surface area (Å²) in [5.74, 6) is 1.38. The van der Waals surface area contributed by atoms with Crippen molar-refractivity contribution in [2.45, 2.75) is 51.4 Å². The van der Waals surface area contributed by atoms with Gasteiger partial charge >= 0.3 is 12.4 Å². The molecule has 0 radical (unpaired) electrons. The maximum Gasteiger partial charge on any atom is 0.573 e. The third-order valence-electron chi connectivity index (χ3n) is 7.11. The van der Waals surface area contributed by atoms with Crippen molar-refractivity contribution < 1.29 is 27.4 Å². The van der Waals surface area contributed by atoms with E-state index in [2.05, 4.69) is 31.3 Å². The Bertz CT molecular complexity index is 1280. The minimum absolute atomic E-state index is 0.250. The van der Waals surface area contributed by atoms with E-state index in [0.717, 1.165) is 49.7 Å². The number of benzene rings is 2. The summed E-state index contributed by atoms with van der Waals surface area (Å²) in [7, 11) is 0. The summed E-state index contributed by atoms with van der Waals surface area (Å²) in [6.07, 6.45) is 4.38. The molecule has 10 heteroatoms. The number of ether oxygens (including phenoxy) is 2. The molecule has 2 aromatic carbocycles. The van der Waals surface area contributed by atoms with Crippen molar-refractivity contribution >= 4 is 17.4 Å². The van der Waals surface area contributed by atoms with Crippen molar-refractivity contribution in [2.75, 3.05) is 23.7 Å². The average molecular weight is 541 g/mol. The summed E-state index contributed by atoms with van der Waals surface area (Å²) in [4.78, 5) is 19.5. The summed E-state index contributed by atoms with van der Waals surface area (Å²) in [5.41, 5.74) is 3.05. The van der Waals surface area contributed by atoms with Gasteiger partial charge in [0.2, 0.25) is 5.88 Å². The fraction of sp³-hybridized carbons (Fsp3) is 0.379. The lowest BCUT2D eigenvalue weighted by molar-refractivity contribution is -0.274. The van der Waals surface area contributed by atoms with E-state index in [9.17, 15) is 18.0 Å². The molecule has 2 heterocycles. The van der Waals surface area contributed by atoms with Gasteiger partial charge in [0, 0.05) is 37.1 Å². The minimum Gasteiger partial charge on any atom is -0.437 e. The van der Waals surface area contributed by atoms with Crippen LogP contribution in [0.3, 0.4) is 0 Å². The molecule has 5 rings (SSSR count). The van der Waals surface area contributed by atoms with Crippen molar-refractivity contribution in [3.63, 3.8) is 0 Å². The zero-order valence-electron chi connectivity index (χ0n) is 21.5. The van der Waals surface area contributed by atoms with Crippen molar-refractivity contribution in [1.82, 2.24) is 9.88 Å². The molecule has 0 spiro atoms. The highest BCUT2D eigenvalue weighted by molar-refractivity contribution is 6.00. The summed E-state index contributed by atoms with van der Waals surface area (Å²) < 4.78 is 47.2. The Morgan fingerprint density at radius 3 is 2.56 bits per heavy atom. The number of halogens is 3. The molecule has 1 saturated carbocycles. The van der Waals surface area contributed by atoms with Gasteiger partial charge < -0.3 is 20.1 Å². The van der Waals surface area contributed by atoms with Gasteiger partial charge in [-0.3, -0.25) is 4.90 Å². The van der Waals surface area contributed by atoms with Crippen LogP contribution in [0.1, 0.15) is 43.2 Å². The van der Waals surface area contributed by atoms with Gasteiger partial charge in [-0.2, -0.15) is 0 Å². The Kier molecular flexibility index (Phi) is 8.21. The van der Waals surface area contributed by atoms with Crippen molar-refractivity contribution in [3.8, 4) is 17.4 Å². The predicted molar refractivity (Wildman–Crippen MR) is 142 cm³/mol. The second-order valence-corrected chi connectivity index (χ2v) is 9.99.